The molecule has 3 aromatic carbocycles. The van der Waals surface area contributed by atoms with E-state index in [0.29, 0.717) is 33.2 Å². The van der Waals surface area contributed by atoms with Crippen LogP contribution in [0.2, 0.25) is 0 Å². The Balaban J connectivity index is 1.87. The first-order valence-corrected chi connectivity index (χ1v) is 11.8. The van der Waals surface area contributed by atoms with Gasteiger partial charge in [0.1, 0.15) is 7.19 Å². The number of hydrogen-bond donors (Lipinski definition) is 0. The van der Waals surface area contributed by atoms with E-state index in [9.17, 15) is 17.6 Å². The van der Waals surface area contributed by atoms with Gasteiger partial charge in [0.25, 0.3) is 10.0 Å². The molecule has 166 valence electrons. The Morgan fingerprint density at radius 3 is 2.36 bits per heavy atom. The second-order valence-electron chi connectivity index (χ2n) is 8.06. The molecule has 8 heteroatoms. The van der Waals surface area contributed by atoms with Gasteiger partial charge in [0.2, 0.25) is 0 Å². The Kier molecular flexibility index (Phi) is 4.62. The lowest BCUT2D eigenvalue weighted by Crippen LogP contribution is -2.14. The first-order chi connectivity index (χ1) is 16.2. The quantitative estimate of drug-likeness (QED) is 0.333. The van der Waals surface area contributed by atoms with Crippen molar-refractivity contribution in [1.29, 1.82) is 0 Å². The SMILES string of the molecule is [2H]C(=O)c1c(C(C)C)n(-c2ccc(F)cc2)c2cc3cnn(S(=O)(=O)c4ccccc4)c3cc12. The predicted molar refractivity (Wildman–Crippen MR) is 125 cm³/mol. The number of aldehydes is 1. The second kappa shape index (κ2) is 7.67. The van der Waals surface area contributed by atoms with Crippen molar-refractivity contribution in [3.05, 3.63) is 90.0 Å². The third kappa shape index (κ3) is 3.25. The van der Waals surface area contributed by atoms with Gasteiger partial charge in [-0.2, -0.15) is 17.6 Å². The number of rotatable bonds is 5. The van der Waals surface area contributed by atoms with Crippen molar-refractivity contribution < 1.29 is 19.0 Å². The maximum Gasteiger partial charge on any atom is 0.283 e. The topological polar surface area (TPSA) is 74.0 Å². The highest BCUT2D eigenvalue weighted by Crippen LogP contribution is 2.36. The fourth-order valence-electron chi connectivity index (χ4n) is 4.21. The number of carbonyl (C=O) groups excluding carboxylic acids is 1. The molecule has 0 fully saturated rings. The molecule has 0 aliphatic heterocycles. The Labute approximate surface area is 191 Å². The van der Waals surface area contributed by atoms with Gasteiger partial charge < -0.3 is 4.57 Å². The lowest BCUT2D eigenvalue weighted by atomic mass is 10.0. The largest absolute Gasteiger partial charge is 0.313 e. The summed E-state index contributed by atoms with van der Waals surface area (Å²) in [5.74, 6) is -0.535. The standard InChI is InChI=1S/C25H20FN3O3S/c1-16(2)25-22(15-30)21-13-23-17(12-24(21)28(25)19-10-8-18(26)9-11-19)14-27-29(23)33(31,32)20-6-4-3-5-7-20/h3-16H,1-2H3/i15D. The molecule has 0 saturated heterocycles. The van der Waals surface area contributed by atoms with Gasteiger partial charge in [0.15, 0.2) is 6.26 Å². The molecular formula is C25H20FN3O3S. The van der Waals surface area contributed by atoms with Crippen LogP contribution < -0.4 is 0 Å². The van der Waals surface area contributed by atoms with Crippen LogP contribution in [0.5, 0.6) is 0 Å². The molecule has 33 heavy (non-hydrogen) atoms. The fraction of sp³-hybridized carbons (Fsp3) is 0.120. The van der Waals surface area contributed by atoms with Crippen LogP contribution in [0.4, 0.5) is 4.39 Å². The molecule has 0 saturated carbocycles. The first-order valence-electron chi connectivity index (χ1n) is 10.8. The van der Waals surface area contributed by atoms with Gasteiger partial charge >= 0.3 is 0 Å². The molecule has 0 aliphatic carbocycles. The summed E-state index contributed by atoms with van der Waals surface area (Å²) in [5.41, 5.74) is 2.31. The van der Waals surface area contributed by atoms with E-state index in [1.165, 1.54) is 30.5 Å². The Hall–Kier alpha value is -3.78. The number of fused-ring (bicyclic) bond motifs is 2. The van der Waals surface area contributed by atoms with E-state index < -0.39 is 22.1 Å². The summed E-state index contributed by atoms with van der Waals surface area (Å²) in [5, 5.41) is 5.11. The van der Waals surface area contributed by atoms with Crippen molar-refractivity contribution in [2.24, 2.45) is 0 Å². The van der Waals surface area contributed by atoms with Crippen LogP contribution in [0.1, 0.15) is 37.2 Å². The summed E-state index contributed by atoms with van der Waals surface area (Å²) < 4.78 is 50.9. The highest BCUT2D eigenvalue weighted by atomic mass is 32.2. The van der Waals surface area contributed by atoms with Crippen LogP contribution in [0.25, 0.3) is 27.5 Å². The zero-order valence-electron chi connectivity index (χ0n) is 18.9. The monoisotopic (exact) mass is 462 g/mol. The summed E-state index contributed by atoms with van der Waals surface area (Å²) in [4.78, 5) is 12.6. The Bertz CT molecular complexity index is 1670. The van der Waals surface area contributed by atoms with Crippen molar-refractivity contribution >= 4 is 38.1 Å². The van der Waals surface area contributed by atoms with Gasteiger partial charge in [-0.05, 0) is 54.4 Å². The average molecular weight is 463 g/mol. The molecule has 6 nitrogen and oxygen atoms in total. The number of hydrogen-bond acceptors (Lipinski definition) is 4. The van der Waals surface area contributed by atoms with Gasteiger partial charge in [-0.1, -0.05) is 32.0 Å². The second-order valence-corrected chi connectivity index (χ2v) is 9.83. The van der Waals surface area contributed by atoms with E-state index in [1.807, 2.05) is 18.4 Å². The smallest absolute Gasteiger partial charge is 0.283 e. The van der Waals surface area contributed by atoms with Crippen LogP contribution in [0, 0.1) is 5.82 Å². The number of carbonyl (C=O) groups is 1. The third-order valence-corrected chi connectivity index (χ3v) is 7.28. The molecule has 5 rings (SSSR count). The average Bonchev–Trinajstić information content (AvgIpc) is 3.38. The van der Waals surface area contributed by atoms with Crippen LogP contribution in [0.3, 0.4) is 0 Å². The number of benzene rings is 3. The van der Waals surface area contributed by atoms with E-state index in [2.05, 4.69) is 5.10 Å². The minimum Gasteiger partial charge on any atom is -0.313 e. The normalized spacial score (nSPS) is 12.5. The molecule has 2 heterocycles. The van der Waals surface area contributed by atoms with Crippen LogP contribution in [0.15, 0.2) is 77.8 Å². The van der Waals surface area contributed by atoms with Gasteiger partial charge in [0, 0.05) is 27.7 Å². The van der Waals surface area contributed by atoms with Gasteiger partial charge in [-0.3, -0.25) is 4.79 Å². The molecule has 5 aromatic rings. The molecule has 0 unspecified atom stereocenters. The summed E-state index contributed by atoms with van der Waals surface area (Å²) in [6, 6.07) is 17.2. The van der Waals surface area contributed by atoms with Crippen LogP contribution in [-0.2, 0) is 10.0 Å². The minimum absolute atomic E-state index is 0.0867. The zero-order valence-corrected chi connectivity index (χ0v) is 18.7. The van der Waals surface area contributed by atoms with E-state index in [4.69, 9.17) is 1.37 Å². The highest BCUT2D eigenvalue weighted by Gasteiger charge is 2.24. The summed E-state index contributed by atoms with van der Waals surface area (Å²) in [7, 11) is -3.98. The van der Waals surface area contributed by atoms with E-state index >= 15 is 0 Å². The molecule has 0 amide bonds. The molecule has 0 radical (unpaired) electrons. The predicted octanol–water partition coefficient (Wildman–Crippen LogP) is 5.29. The van der Waals surface area contributed by atoms with E-state index in [0.717, 1.165) is 4.09 Å². The lowest BCUT2D eigenvalue weighted by Gasteiger charge is -2.14. The molecule has 0 spiro atoms. The van der Waals surface area contributed by atoms with Crippen LogP contribution in [-0.4, -0.2) is 28.4 Å². The molecular weight excluding hydrogens is 441 g/mol. The summed E-state index contributed by atoms with van der Waals surface area (Å²) in [6.45, 7) is 3.81. The van der Waals surface area contributed by atoms with Crippen molar-refractivity contribution in [1.82, 2.24) is 13.8 Å². The number of nitrogens with zero attached hydrogens (tertiary/aromatic N) is 3. The van der Waals surface area contributed by atoms with Crippen molar-refractivity contribution in [3.8, 4) is 5.69 Å². The Morgan fingerprint density at radius 2 is 1.73 bits per heavy atom. The zero-order chi connectivity index (χ0) is 24.2. The maximum absolute atomic E-state index is 13.6. The van der Waals surface area contributed by atoms with E-state index in [1.54, 1.807) is 42.5 Å². The number of aromatic nitrogens is 3. The number of halogens is 1. The maximum atomic E-state index is 13.6. The van der Waals surface area contributed by atoms with Crippen molar-refractivity contribution in [3.63, 3.8) is 0 Å². The van der Waals surface area contributed by atoms with Crippen molar-refractivity contribution in [2.75, 3.05) is 0 Å². The fourth-order valence-corrected chi connectivity index (χ4v) is 5.50. The molecule has 0 N–H and O–H groups in total. The Morgan fingerprint density at radius 1 is 1.03 bits per heavy atom. The van der Waals surface area contributed by atoms with Gasteiger partial charge in [-0.15, -0.1) is 0 Å². The summed E-state index contributed by atoms with van der Waals surface area (Å²) >= 11 is 0. The van der Waals surface area contributed by atoms with Crippen molar-refractivity contribution in [2.45, 2.75) is 24.7 Å². The molecule has 0 atom stereocenters. The van der Waals surface area contributed by atoms with E-state index in [-0.39, 0.29) is 16.4 Å². The molecule has 2 aromatic heterocycles. The lowest BCUT2D eigenvalue weighted by molar-refractivity contribution is 0.112. The van der Waals surface area contributed by atoms with Gasteiger partial charge in [-0.25, -0.2) is 4.39 Å². The first kappa shape index (κ1) is 19.9. The minimum atomic E-state index is -3.98. The molecule has 0 aliphatic rings. The summed E-state index contributed by atoms with van der Waals surface area (Å²) in [6.07, 6.45) is 0.569. The van der Waals surface area contributed by atoms with Crippen LogP contribution >= 0.6 is 0 Å². The third-order valence-electron chi connectivity index (χ3n) is 5.66. The molecule has 0 bridgehead atoms. The highest BCUT2D eigenvalue weighted by molar-refractivity contribution is 7.90. The van der Waals surface area contributed by atoms with Gasteiger partial charge in [0.05, 0.1) is 22.1 Å².